The quantitative estimate of drug-likeness (QED) is 0.200. The van der Waals surface area contributed by atoms with E-state index in [-0.39, 0.29) is 37.4 Å². The summed E-state index contributed by atoms with van der Waals surface area (Å²) in [5, 5.41) is 6.77. The molecule has 44 heavy (non-hydrogen) atoms. The number of fused-ring (bicyclic) bond motifs is 1. The number of hydrogen-bond acceptors (Lipinski definition) is 8. The van der Waals surface area contributed by atoms with E-state index in [1.165, 1.54) is 0 Å². The third-order valence-electron chi connectivity index (χ3n) is 7.37. The summed E-state index contributed by atoms with van der Waals surface area (Å²) in [6.45, 7) is 4.94. The third-order valence-corrected chi connectivity index (χ3v) is 9.92. The fourth-order valence-electron chi connectivity index (χ4n) is 5.05. The summed E-state index contributed by atoms with van der Waals surface area (Å²) in [6, 6.07) is 10.7. The first-order chi connectivity index (χ1) is 21.2. The Kier molecular flexibility index (Phi) is 10.2. The molecule has 1 aliphatic carbocycles. The van der Waals surface area contributed by atoms with Crippen LogP contribution in [0.4, 0.5) is 10.5 Å². The number of urea groups is 1. The van der Waals surface area contributed by atoms with Crippen molar-refractivity contribution in [1.29, 1.82) is 0 Å². The summed E-state index contributed by atoms with van der Waals surface area (Å²) in [7, 11) is -1.95. The summed E-state index contributed by atoms with van der Waals surface area (Å²) in [4.78, 5) is 42.0. The van der Waals surface area contributed by atoms with Crippen LogP contribution in [0.15, 0.2) is 48.7 Å². The minimum absolute atomic E-state index is 0.155. The number of anilines is 1. The van der Waals surface area contributed by atoms with Crippen LogP contribution in [0.5, 0.6) is 17.2 Å². The van der Waals surface area contributed by atoms with Gasteiger partial charge in [-0.2, -0.15) is 0 Å². The Morgan fingerprint density at radius 2 is 1.89 bits per heavy atom. The molecule has 0 bridgehead atoms. The Hall–Kier alpha value is -3.47. The second kappa shape index (κ2) is 14.1. The Balaban J connectivity index is 1.34. The number of nitrogens with zero attached hydrogens (tertiary/aromatic N) is 2. The number of methoxy groups -OCH3 is 1. The van der Waals surface area contributed by atoms with Gasteiger partial charge in [0, 0.05) is 12.1 Å². The van der Waals surface area contributed by atoms with Crippen LogP contribution >= 0.6 is 19.5 Å². The van der Waals surface area contributed by atoms with E-state index in [0.29, 0.717) is 53.0 Å². The number of nitrogens with one attached hydrogen (secondary N) is 2. The summed E-state index contributed by atoms with van der Waals surface area (Å²) in [6.07, 6.45) is 6.08. The van der Waals surface area contributed by atoms with E-state index in [1.54, 1.807) is 56.3 Å². The average molecular weight is 645 g/mol. The summed E-state index contributed by atoms with van der Waals surface area (Å²) >= 11 is 6.46. The van der Waals surface area contributed by atoms with Gasteiger partial charge in [-0.1, -0.05) is 11.6 Å². The summed E-state index contributed by atoms with van der Waals surface area (Å²) < 4.78 is 22.8. The molecular formula is C31H38ClN4O7P. The van der Waals surface area contributed by atoms with Gasteiger partial charge in [0.2, 0.25) is 0 Å². The molecule has 2 aromatic carbocycles. The van der Waals surface area contributed by atoms with Crippen LogP contribution in [-0.4, -0.2) is 72.3 Å². The molecule has 0 radical (unpaired) electrons. The minimum atomic E-state index is -3.56. The molecule has 1 aliphatic heterocycles. The molecule has 0 spiro atoms. The topological polar surface area (TPSA) is 131 Å². The predicted octanol–water partition coefficient (Wildman–Crippen LogP) is 6.15. The number of aromatic nitrogens is 1. The molecule has 13 heteroatoms. The van der Waals surface area contributed by atoms with Crippen LogP contribution in [0.3, 0.4) is 0 Å². The van der Waals surface area contributed by atoms with Crippen LogP contribution in [0, 0.1) is 0 Å². The Labute approximate surface area is 262 Å². The fraction of sp³-hybridized carbons (Fsp3) is 0.387. The van der Waals surface area contributed by atoms with Crippen molar-refractivity contribution in [2.75, 3.05) is 44.9 Å². The summed E-state index contributed by atoms with van der Waals surface area (Å²) in [5.41, 5.74) is 3.07. The molecule has 3 aromatic rings. The van der Waals surface area contributed by atoms with Gasteiger partial charge in [0.15, 0.2) is 0 Å². The zero-order chi connectivity index (χ0) is 31.3. The van der Waals surface area contributed by atoms with Crippen LogP contribution in [0.2, 0.25) is 5.02 Å². The van der Waals surface area contributed by atoms with Gasteiger partial charge in [0.05, 0.1) is 10.7 Å². The zero-order valence-electron chi connectivity index (χ0n) is 25.0. The van der Waals surface area contributed by atoms with Crippen molar-refractivity contribution in [2.45, 2.75) is 39.2 Å². The van der Waals surface area contributed by atoms with E-state index in [2.05, 4.69) is 15.6 Å². The molecule has 3 N–H and O–H groups in total. The van der Waals surface area contributed by atoms with Gasteiger partial charge >= 0.3 is 188 Å². The van der Waals surface area contributed by atoms with Gasteiger partial charge in [0.25, 0.3) is 0 Å². The van der Waals surface area contributed by atoms with Crippen molar-refractivity contribution >= 4 is 53.6 Å². The van der Waals surface area contributed by atoms with Crippen LogP contribution in [0.25, 0.3) is 16.5 Å². The Morgan fingerprint density at radius 1 is 1.11 bits per heavy atom. The van der Waals surface area contributed by atoms with Crippen molar-refractivity contribution in [1.82, 2.24) is 15.2 Å². The number of hydrogen-bond donors (Lipinski definition) is 3. The fourth-order valence-corrected chi connectivity index (χ4v) is 7.07. The van der Waals surface area contributed by atoms with Gasteiger partial charge in [-0.25, -0.2) is 4.79 Å². The number of amides is 3. The first-order valence-electron chi connectivity index (χ1n) is 14.7. The maximum absolute atomic E-state index is 13.0. The molecule has 2 aliphatic rings. The Morgan fingerprint density at radius 3 is 2.52 bits per heavy atom. The standard InChI is InChI=1S/C31H38ClN4O7P/c1-4-41-44(39,42-5-2)19-30(37)36-14-11-20(12-15-36)23-17-24-27(18-29(23)40-3)33-13-10-28(24)43-22-8-9-26(25(32)16-22)35-31(38)34-21-6-7-21/h8-11,13,16-18,21,39,44H,4-7,12,14-15,19H2,1-3H3,(H2,34,35,38). The van der Waals surface area contributed by atoms with E-state index in [1.807, 2.05) is 18.2 Å². The number of halogens is 1. The molecule has 1 fully saturated rings. The van der Waals surface area contributed by atoms with Gasteiger partial charge < -0.3 is 10.6 Å². The second-order valence-electron chi connectivity index (χ2n) is 10.6. The van der Waals surface area contributed by atoms with Crippen molar-refractivity contribution in [3.63, 3.8) is 0 Å². The molecule has 1 aromatic heterocycles. The molecule has 0 saturated heterocycles. The molecule has 2 heterocycles. The normalized spacial score (nSPS) is 15.5. The van der Waals surface area contributed by atoms with Crippen molar-refractivity contribution < 1.29 is 33.0 Å². The first-order valence-corrected chi connectivity index (χ1v) is 17.1. The number of ether oxygens (including phenoxy) is 2. The monoisotopic (exact) mass is 644 g/mol. The second-order valence-corrected chi connectivity index (χ2v) is 13.3. The zero-order valence-corrected chi connectivity index (χ0v) is 26.8. The van der Waals surface area contributed by atoms with E-state index in [9.17, 15) is 14.5 Å². The SMILES string of the molecule is CCO[PH](O)(CC(=O)N1CC=C(c2cc3c(Oc4ccc(NC(=O)NC5CC5)c(Cl)c4)ccnc3cc2OC)CC1)OCC. The van der Waals surface area contributed by atoms with Crippen molar-refractivity contribution in [3.8, 4) is 17.2 Å². The maximum atomic E-state index is 13.0. The number of pyridine rings is 1. The van der Waals surface area contributed by atoms with Crippen LogP contribution in [-0.2, 0) is 13.8 Å². The van der Waals surface area contributed by atoms with Crippen LogP contribution in [0.1, 0.15) is 38.7 Å². The van der Waals surface area contributed by atoms with Gasteiger partial charge in [-0.15, -0.1) is 0 Å². The molecular weight excluding hydrogens is 607 g/mol. The third kappa shape index (κ3) is 7.78. The van der Waals surface area contributed by atoms with E-state index >= 15 is 0 Å². The van der Waals surface area contributed by atoms with Gasteiger partial charge in [-0.05, 0) is 25.0 Å². The molecule has 1 saturated carbocycles. The molecule has 0 atom stereocenters. The van der Waals surface area contributed by atoms with E-state index < -0.39 is 7.94 Å². The number of benzene rings is 2. The molecule has 3 amide bonds. The predicted molar refractivity (Wildman–Crippen MR) is 173 cm³/mol. The van der Waals surface area contributed by atoms with Crippen molar-refractivity contribution in [2.24, 2.45) is 0 Å². The number of carbonyl (C=O) groups is 2. The van der Waals surface area contributed by atoms with Crippen molar-refractivity contribution in [3.05, 3.63) is 59.3 Å². The van der Waals surface area contributed by atoms with E-state index in [4.69, 9.17) is 30.1 Å². The molecule has 0 unspecified atom stereocenters. The number of carbonyl (C=O) groups excluding carboxylic acids is 2. The average Bonchev–Trinajstić information content (AvgIpc) is 3.82. The van der Waals surface area contributed by atoms with E-state index in [0.717, 1.165) is 29.4 Å². The Bertz CT molecular complexity index is 1560. The molecule has 5 rings (SSSR count). The first kappa shape index (κ1) is 31.9. The van der Waals surface area contributed by atoms with Crippen LogP contribution < -0.4 is 20.1 Å². The number of rotatable bonds is 12. The molecule has 11 nitrogen and oxygen atoms in total. The van der Waals surface area contributed by atoms with Gasteiger partial charge in [0.1, 0.15) is 0 Å². The summed E-state index contributed by atoms with van der Waals surface area (Å²) in [5.74, 6) is 1.53. The molecule has 236 valence electrons. The van der Waals surface area contributed by atoms with Gasteiger partial charge in [-0.3, -0.25) is 0 Å².